The number of halogens is 3. The number of aryl methyl sites for hydroxylation is 1. The molecule has 0 amide bonds. The van der Waals surface area contributed by atoms with Gasteiger partial charge in [0.25, 0.3) is 6.43 Å². The van der Waals surface area contributed by atoms with Crippen LogP contribution in [0.15, 0.2) is 30.5 Å². The first kappa shape index (κ1) is 16.2. The highest BCUT2D eigenvalue weighted by atomic mass is 19.3. The second-order valence-corrected chi connectivity index (χ2v) is 5.37. The van der Waals surface area contributed by atoms with E-state index in [0.717, 1.165) is 6.07 Å². The van der Waals surface area contributed by atoms with Crippen LogP contribution in [0, 0.1) is 18.9 Å². The number of fused-ring (bicyclic) bond motifs is 1. The zero-order valence-electron chi connectivity index (χ0n) is 13.0. The first-order valence-electron chi connectivity index (χ1n) is 7.31. The molecule has 0 bridgehead atoms. The van der Waals surface area contributed by atoms with Crippen molar-refractivity contribution in [3.63, 3.8) is 0 Å². The number of hydrogen-bond donors (Lipinski definition) is 1. The van der Waals surface area contributed by atoms with Crippen LogP contribution in [0.3, 0.4) is 0 Å². The molecule has 0 fully saturated rings. The summed E-state index contributed by atoms with van der Waals surface area (Å²) in [4.78, 5) is 12.5. The van der Waals surface area contributed by atoms with E-state index in [9.17, 15) is 13.2 Å². The van der Waals surface area contributed by atoms with Gasteiger partial charge in [0.15, 0.2) is 0 Å². The van der Waals surface area contributed by atoms with Gasteiger partial charge in [-0.3, -0.25) is 4.98 Å². The van der Waals surface area contributed by atoms with Crippen LogP contribution in [0.1, 0.15) is 36.3 Å². The maximum atomic E-state index is 14.3. The quantitative estimate of drug-likeness (QED) is 0.771. The van der Waals surface area contributed by atoms with Crippen LogP contribution in [0.25, 0.3) is 10.9 Å². The van der Waals surface area contributed by atoms with Crippen molar-refractivity contribution >= 4 is 16.7 Å². The van der Waals surface area contributed by atoms with Crippen molar-refractivity contribution < 1.29 is 13.2 Å². The molecular formula is C17H14F3N4. The fraction of sp³-hybridized carbons (Fsp3) is 0.235. The molecule has 3 rings (SSSR count). The highest BCUT2D eigenvalue weighted by Gasteiger charge is 2.20. The number of anilines is 1. The number of nitrogens with one attached hydrogen (secondary N) is 1. The molecule has 4 nitrogen and oxygen atoms in total. The number of hydrogen-bond acceptors (Lipinski definition) is 4. The van der Waals surface area contributed by atoms with Crippen LogP contribution in [0.2, 0.25) is 0 Å². The summed E-state index contributed by atoms with van der Waals surface area (Å²) in [6.45, 7) is 3.41. The molecule has 7 heteroatoms. The molecule has 2 aromatic heterocycles. The van der Waals surface area contributed by atoms with Crippen LogP contribution in [-0.4, -0.2) is 15.0 Å². The molecule has 0 aliphatic heterocycles. The zero-order valence-corrected chi connectivity index (χ0v) is 13.0. The summed E-state index contributed by atoms with van der Waals surface area (Å²) in [6.07, 6.45) is 1.39. The lowest BCUT2D eigenvalue weighted by molar-refractivity contribution is 0.146. The van der Waals surface area contributed by atoms with Crippen molar-refractivity contribution in [2.75, 3.05) is 5.32 Å². The summed E-state index contributed by atoms with van der Waals surface area (Å²) in [7, 11) is 0. The summed E-state index contributed by atoms with van der Waals surface area (Å²) in [5.41, 5.74) is 0.162. The SMILES string of the molecule is Cc1nc(N[C@H](C)c2cccc(C(F)F)c2F)c2c[c]ncc2n1. The van der Waals surface area contributed by atoms with Crippen LogP contribution >= 0.6 is 0 Å². The Hall–Kier alpha value is -2.70. The molecule has 0 unspecified atom stereocenters. The Bertz CT molecular complexity index is 883. The minimum atomic E-state index is -2.86. The van der Waals surface area contributed by atoms with Gasteiger partial charge in [0, 0.05) is 10.9 Å². The number of aromatic nitrogens is 3. The number of alkyl halides is 2. The van der Waals surface area contributed by atoms with Crippen LogP contribution in [0.4, 0.5) is 19.0 Å². The fourth-order valence-electron chi connectivity index (χ4n) is 2.51. The Balaban J connectivity index is 1.99. The van der Waals surface area contributed by atoms with E-state index in [0.29, 0.717) is 22.5 Å². The van der Waals surface area contributed by atoms with Gasteiger partial charge < -0.3 is 5.32 Å². The van der Waals surface area contributed by atoms with Crippen molar-refractivity contribution in [2.45, 2.75) is 26.3 Å². The molecule has 0 aliphatic carbocycles. The third-order valence-corrected chi connectivity index (χ3v) is 3.67. The maximum Gasteiger partial charge on any atom is 0.266 e. The lowest BCUT2D eigenvalue weighted by Crippen LogP contribution is -2.12. The highest BCUT2D eigenvalue weighted by Crippen LogP contribution is 2.29. The van der Waals surface area contributed by atoms with E-state index in [4.69, 9.17) is 0 Å². The van der Waals surface area contributed by atoms with Crippen LogP contribution in [0.5, 0.6) is 0 Å². The molecule has 1 radical (unpaired) electrons. The minimum absolute atomic E-state index is 0.148. The Morgan fingerprint density at radius 3 is 2.67 bits per heavy atom. The topological polar surface area (TPSA) is 50.7 Å². The van der Waals surface area contributed by atoms with Crippen molar-refractivity contribution in [1.82, 2.24) is 15.0 Å². The minimum Gasteiger partial charge on any atom is -0.363 e. The summed E-state index contributed by atoms with van der Waals surface area (Å²) < 4.78 is 40.0. The fourth-order valence-corrected chi connectivity index (χ4v) is 2.51. The summed E-state index contributed by atoms with van der Waals surface area (Å²) in [5.74, 6) is 0.0910. The molecule has 24 heavy (non-hydrogen) atoms. The van der Waals surface area contributed by atoms with E-state index in [2.05, 4.69) is 26.5 Å². The summed E-state index contributed by atoms with van der Waals surface area (Å²) in [6, 6.07) is 5.04. The molecule has 123 valence electrons. The van der Waals surface area contributed by atoms with Crippen LogP contribution in [-0.2, 0) is 0 Å². The third-order valence-electron chi connectivity index (χ3n) is 3.67. The Morgan fingerprint density at radius 1 is 1.17 bits per heavy atom. The van der Waals surface area contributed by atoms with Crippen molar-refractivity contribution in [1.29, 1.82) is 0 Å². The van der Waals surface area contributed by atoms with Gasteiger partial charge in [-0.05, 0) is 19.9 Å². The zero-order chi connectivity index (χ0) is 17.3. The van der Waals surface area contributed by atoms with E-state index in [1.165, 1.54) is 12.1 Å². The summed E-state index contributed by atoms with van der Waals surface area (Å²) >= 11 is 0. The van der Waals surface area contributed by atoms with Crippen LogP contribution < -0.4 is 5.32 Å². The lowest BCUT2D eigenvalue weighted by atomic mass is 10.0. The van der Waals surface area contributed by atoms with Gasteiger partial charge in [0.2, 0.25) is 0 Å². The van der Waals surface area contributed by atoms with Crippen molar-refractivity contribution in [2.24, 2.45) is 0 Å². The van der Waals surface area contributed by atoms with E-state index >= 15 is 0 Å². The predicted octanol–water partition coefficient (Wildman–Crippen LogP) is 4.38. The number of pyridine rings is 1. The number of nitrogens with zero attached hydrogens (tertiary/aromatic N) is 3. The molecule has 1 atom stereocenters. The second kappa shape index (κ2) is 6.43. The molecule has 0 saturated carbocycles. The molecular weight excluding hydrogens is 317 g/mol. The molecule has 0 aliphatic rings. The molecule has 1 aromatic carbocycles. The van der Waals surface area contributed by atoms with Gasteiger partial charge in [-0.1, -0.05) is 18.2 Å². The standard InChI is InChI=1S/C17H14F3N4/c1-9(11-4-3-5-13(15(11)18)16(19)20)22-17-12-6-7-21-8-14(12)23-10(2)24-17/h3-6,8-9,16H,1-2H3,(H,22,23,24)/t9-/m1/s1. The molecule has 2 heterocycles. The highest BCUT2D eigenvalue weighted by molar-refractivity contribution is 5.88. The average Bonchev–Trinajstić information content (AvgIpc) is 2.54. The third kappa shape index (κ3) is 3.02. The smallest absolute Gasteiger partial charge is 0.266 e. The number of benzene rings is 1. The Kier molecular flexibility index (Phi) is 4.33. The van der Waals surface area contributed by atoms with Crippen molar-refractivity contribution in [3.8, 4) is 0 Å². The van der Waals surface area contributed by atoms with Gasteiger partial charge in [0.05, 0.1) is 29.5 Å². The first-order chi connectivity index (χ1) is 11.5. The van der Waals surface area contributed by atoms with Gasteiger partial charge in [0.1, 0.15) is 17.5 Å². The Labute approximate surface area is 136 Å². The molecule has 3 aromatic rings. The molecule has 0 spiro atoms. The van der Waals surface area contributed by atoms with Gasteiger partial charge >= 0.3 is 0 Å². The maximum absolute atomic E-state index is 14.3. The summed E-state index contributed by atoms with van der Waals surface area (Å²) in [5, 5.41) is 3.74. The van der Waals surface area contributed by atoms with Crippen molar-refractivity contribution in [3.05, 3.63) is 59.4 Å². The first-order valence-corrected chi connectivity index (χ1v) is 7.31. The molecule has 1 N–H and O–H groups in total. The van der Waals surface area contributed by atoms with E-state index < -0.39 is 23.8 Å². The monoisotopic (exact) mass is 331 g/mol. The number of rotatable bonds is 4. The van der Waals surface area contributed by atoms with E-state index in [-0.39, 0.29) is 5.56 Å². The predicted molar refractivity (Wildman–Crippen MR) is 84.3 cm³/mol. The average molecular weight is 331 g/mol. The van der Waals surface area contributed by atoms with E-state index in [1.807, 2.05) is 0 Å². The normalized spacial score (nSPS) is 12.6. The second-order valence-electron chi connectivity index (χ2n) is 5.37. The lowest BCUT2D eigenvalue weighted by Gasteiger charge is -2.18. The van der Waals surface area contributed by atoms with E-state index in [1.54, 1.807) is 26.1 Å². The van der Waals surface area contributed by atoms with Gasteiger partial charge in [-0.2, -0.15) is 0 Å². The largest absolute Gasteiger partial charge is 0.363 e. The van der Waals surface area contributed by atoms with Gasteiger partial charge in [-0.15, -0.1) is 0 Å². The van der Waals surface area contributed by atoms with Gasteiger partial charge in [-0.25, -0.2) is 23.1 Å². The Morgan fingerprint density at radius 2 is 1.92 bits per heavy atom. The molecule has 0 saturated heterocycles.